The van der Waals surface area contributed by atoms with Crippen molar-refractivity contribution in [3.8, 4) is 0 Å². The van der Waals surface area contributed by atoms with Crippen LogP contribution in [-0.4, -0.2) is 15.7 Å². The molecule has 5 heteroatoms. The number of halogens is 1. The number of hydrogen-bond donors (Lipinski definition) is 1. The summed E-state index contributed by atoms with van der Waals surface area (Å²) >= 11 is 0. The molecule has 0 spiro atoms. The van der Waals surface area contributed by atoms with E-state index in [0.717, 1.165) is 28.2 Å². The molecule has 0 fully saturated rings. The van der Waals surface area contributed by atoms with E-state index in [0.29, 0.717) is 13.1 Å². The molecule has 0 amide bonds. The van der Waals surface area contributed by atoms with Crippen LogP contribution < -0.4 is 5.32 Å². The first-order chi connectivity index (χ1) is 12.8. The number of anilines is 1. The van der Waals surface area contributed by atoms with Crippen LogP contribution in [0, 0.1) is 5.82 Å². The molecular weight excluding hydrogens is 327 g/mol. The summed E-state index contributed by atoms with van der Waals surface area (Å²) in [4.78, 5) is 12.8. The Kier molecular flexibility index (Phi) is 4.51. The van der Waals surface area contributed by atoms with Crippen LogP contribution in [0.4, 0.5) is 10.1 Å². The fourth-order valence-electron chi connectivity index (χ4n) is 2.86. The van der Waals surface area contributed by atoms with Gasteiger partial charge in [-0.05, 0) is 53.6 Å². The second-order valence-electron chi connectivity index (χ2n) is 6.03. The van der Waals surface area contributed by atoms with Crippen molar-refractivity contribution in [2.75, 3.05) is 5.32 Å². The van der Waals surface area contributed by atoms with E-state index in [1.165, 1.54) is 17.8 Å². The SMILES string of the molecule is Fc1cncc(CNc2ccc3c(c2)C(/C=C/c2ccccn2)=NC3)c1. The summed E-state index contributed by atoms with van der Waals surface area (Å²) in [7, 11) is 0. The molecule has 0 aliphatic carbocycles. The number of rotatable bonds is 5. The normalized spacial score (nSPS) is 12.9. The Hall–Kier alpha value is -3.34. The highest BCUT2D eigenvalue weighted by Gasteiger charge is 2.14. The zero-order chi connectivity index (χ0) is 17.8. The van der Waals surface area contributed by atoms with Crippen LogP contribution in [0.5, 0.6) is 0 Å². The second-order valence-corrected chi connectivity index (χ2v) is 6.03. The fraction of sp³-hybridized carbons (Fsp3) is 0.0952. The summed E-state index contributed by atoms with van der Waals surface area (Å²) in [5, 5.41) is 3.31. The summed E-state index contributed by atoms with van der Waals surface area (Å²) in [5.41, 5.74) is 5.92. The molecule has 4 nitrogen and oxygen atoms in total. The predicted octanol–water partition coefficient (Wildman–Crippen LogP) is 4.24. The maximum atomic E-state index is 13.2. The highest BCUT2D eigenvalue weighted by molar-refractivity contribution is 6.13. The number of benzene rings is 1. The minimum absolute atomic E-state index is 0.327. The first-order valence-electron chi connectivity index (χ1n) is 8.38. The lowest BCUT2D eigenvalue weighted by Crippen LogP contribution is -2.02. The van der Waals surface area contributed by atoms with Crippen molar-refractivity contribution < 1.29 is 4.39 Å². The lowest BCUT2D eigenvalue weighted by atomic mass is 10.0. The molecule has 26 heavy (non-hydrogen) atoms. The third-order valence-electron chi connectivity index (χ3n) is 4.16. The molecule has 0 bridgehead atoms. The van der Waals surface area contributed by atoms with Crippen molar-refractivity contribution in [3.63, 3.8) is 0 Å². The smallest absolute Gasteiger partial charge is 0.141 e. The van der Waals surface area contributed by atoms with E-state index < -0.39 is 0 Å². The molecule has 3 aromatic rings. The van der Waals surface area contributed by atoms with Crippen molar-refractivity contribution in [1.82, 2.24) is 9.97 Å². The molecule has 0 unspecified atom stereocenters. The monoisotopic (exact) mass is 344 g/mol. The number of pyridine rings is 2. The van der Waals surface area contributed by atoms with Crippen molar-refractivity contribution in [1.29, 1.82) is 0 Å². The number of hydrogen-bond acceptors (Lipinski definition) is 4. The van der Waals surface area contributed by atoms with Crippen LogP contribution in [0.3, 0.4) is 0 Å². The molecule has 4 rings (SSSR count). The topological polar surface area (TPSA) is 50.2 Å². The maximum Gasteiger partial charge on any atom is 0.141 e. The molecule has 2 aromatic heterocycles. The summed E-state index contributed by atoms with van der Waals surface area (Å²) in [5.74, 6) is -0.327. The van der Waals surface area contributed by atoms with E-state index in [4.69, 9.17) is 0 Å². The number of nitrogens with one attached hydrogen (secondary N) is 1. The van der Waals surface area contributed by atoms with E-state index in [-0.39, 0.29) is 5.82 Å². The van der Waals surface area contributed by atoms with Gasteiger partial charge in [-0.2, -0.15) is 0 Å². The van der Waals surface area contributed by atoms with Gasteiger partial charge in [0.05, 0.1) is 24.1 Å². The van der Waals surface area contributed by atoms with Crippen molar-refractivity contribution >= 4 is 17.5 Å². The molecule has 0 atom stereocenters. The Balaban J connectivity index is 1.49. The highest BCUT2D eigenvalue weighted by atomic mass is 19.1. The Bertz CT molecular complexity index is 980. The van der Waals surface area contributed by atoms with Crippen LogP contribution in [0.1, 0.15) is 22.4 Å². The van der Waals surface area contributed by atoms with Gasteiger partial charge in [-0.3, -0.25) is 15.0 Å². The van der Waals surface area contributed by atoms with Gasteiger partial charge >= 0.3 is 0 Å². The van der Waals surface area contributed by atoms with Gasteiger partial charge in [0, 0.05) is 30.2 Å². The third-order valence-corrected chi connectivity index (χ3v) is 4.16. The Morgan fingerprint density at radius 1 is 1.08 bits per heavy atom. The van der Waals surface area contributed by atoms with E-state index in [9.17, 15) is 4.39 Å². The standard InChI is InChI=1S/C21H17FN4/c22-17-9-15(11-23-14-17)12-25-19-5-4-16-13-26-21(20(16)10-19)7-6-18-3-1-2-8-24-18/h1-11,14,25H,12-13H2/b7-6+. The van der Waals surface area contributed by atoms with Gasteiger partial charge < -0.3 is 5.32 Å². The minimum atomic E-state index is -0.327. The zero-order valence-electron chi connectivity index (χ0n) is 14.1. The Labute approximate surface area is 151 Å². The molecule has 0 radical (unpaired) electrons. The van der Waals surface area contributed by atoms with Gasteiger partial charge in [-0.15, -0.1) is 0 Å². The van der Waals surface area contributed by atoms with Crippen LogP contribution in [-0.2, 0) is 13.1 Å². The molecule has 1 aliphatic heterocycles. The summed E-state index contributed by atoms with van der Waals surface area (Å²) in [6.07, 6.45) is 8.59. The molecule has 128 valence electrons. The van der Waals surface area contributed by atoms with Gasteiger partial charge in [0.25, 0.3) is 0 Å². The largest absolute Gasteiger partial charge is 0.381 e. The van der Waals surface area contributed by atoms with Crippen LogP contribution >= 0.6 is 0 Å². The van der Waals surface area contributed by atoms with Crippen LogP contribution in [0.2, 0.25) is 0 Å². The van der Waals surface area contributed by atoms with Crippen molar-refractivity contribution in [3.05, 3.63) is 95.3 Å². The van der Waals surface area contributed by atoms with E-state index >= 15 is 0 Å². The molecule has 0 saturated heterocycles. The zero-order valence-corrected chi connectivity index (χ0v) is 14.1. The molecule has 1 N–H and O–H groups in total. The second kappa shape index (κ2) is 7.27. The summed E-state index contributed by atoms with van der Waals surface area (Å²) in [6, 6.07) is 13.5. The van der Waals surface area contributed by atoms with Gasteiger partial charge in [0.1, 0.15) is 5.82 Å². The molecule has 0 saturated carbocycles. The molecule has 1 aliphatic rings. The molecular formula is C21H17FN4. The molecule has 3 heterocycles. The average molecular weight is 344 g/mol. The van der Waals surface area contributed by atoms with Crippen LogP contribution in [0.15, 0.2) is 72.1 Å². The van der Waals surface area contributed by atoms with Gasteiger partial charge in [-0.25, -0.2) is 4.39 Å². The lowest BCUT2D eigenvalue weighted by molar-refractivity contribution is 0.619. The van der Waals surface area contributed by atoms with Crippen molar-refractivity contribution in [2.45, 2.75) is 13.1 Å². The van der Waals surface area contributed by atoms with Gasteiger partial charge in [-0.1, -0.05) is 12.1 Å². The van der Waals surface area contributed by atoms with E-state index in [1.54, 1.807) is 12.4 Å². The van der Waals surface area contributed by atoms with E-state index in [1.807, 2.05) is 36.4 Å². The quantitative estimate of drug-likeness (QED) is 0.753. The number of fused-ring (bicyclic) bond motifs is 1. The predicted molar refractivity (Wildman–Crippen MR) is 101 cm³/mol. The number of allylic oxidation sites excluding steroid dienone is 1. The van der Waals surface area contributed by atoms with Gasteiger partial charge in [0.2, 0.25) is 0 Å². The fourth-order valence-corrected chi connectivity index (χ4v) is 2.86. The van der Waals surface area contributed by atoms with E-state index in [2.05, 4.69) is 32.4 Å². The summed E-state index contributed by atoms with van der Waals surface area (Å²) < 4.78 is 13.2. The third kappa shape index (κ3) is 3.67. The van der Waals surface area contributed by atoms with Crippen molar-refractivity contribution in [2.24, 2.45) is 4.99 Å². The highest BCUT2D eigenvalue weighted by Crippen LogP contribution is 2.24. The first kappa shape index (κ1) is 16.1. The molecule has 1 aromatic carbocycles. The number of nitrogens with zero attached hydrogens (tertiary/aromatic N) is 3. The average Bonchev–Trinajstić information content (AvgIpc) is 3.08. The minimum Gasteiger partial charge on any atom is -0.381 e. The van der Waals surface area contributed by atoms with Gasteiger partial charge in [0.15, 0.2) is 0 Å². The lowest BCUT2D eigenvalue weighted by Gasteiger charge is -2.09. The number of aromatic nitrogens is 2. The van der Waals surface area contributed by atoms with Crippen LogP contribution in [0.25, 0.3) is 6.08 Å². The Morgan fingerprint density at radius 3 is 2.88 bits per heavy atom. The summed E-state index contributed by atoms with van der Waals surface area (Å²) in [6.45, 7) is 1.20. The Morgan fingerprint density at radius 2 is 2.04 bits per heavy atom. The first-order valence-corrected chi connectivity index (χ1v) is 8.38. The maximum absolute atomic E-state index is 13.2. The number of aliphatic imine (C=N–C) groups is 1.